The Bertz CT molecular complexity index is 941. The van der Waals surface area contributed by atoms with Crippen molar-refractivity contribution in [3.8, 4) is 11.5 Å². The van der Waals surface area contributed by atoms with E-state index in [1.807, 2.05) is 57.2 Å². The molecule has 3 aromatic rings. The first-order valence-electron chi connectivity index (χ1n) is 9.44. The van der Waals surface area contributed by atoms with E-state index in [0.717, 1.165) is 17.2 Å². The first-order chi connectivity index (χ1) is 14.0. The third kappa shape index (κ3) is 5.68. The van der Waals surface area contributed by atoms with Gasteiger partial charge in [0.1, 0.15) is 23.0 Å². The van der Waals surface area contributed by atoms with Gasteiger partial charge in [0.05, 0.1) is 30.8 Å². The molecule has 29 heavy (non-hydrogen) atoms. The molecule has 0 spiro atoms. The molecule has 7 heteroatoms. The second-order valence-corrected chi connectivity index (χ2v) is 6.49. The van der Waals surface area contributed by atoms with Crippen LogP contribution in [0.15, 0.2) is 60.9 Å². The maximum absolute atomic E-state index is 12.4. The van der Waals surface area contributed by atoms with Gasteiger partial charge in [0, 0.05) is 5.69 Å². The Labute approximate surface area is 170 Å². The number of amides is 1. The van der Waals surface area contributed by atoms with Gasteiger partial charge < -0.3 is 20.1 Å². The van der Waals surface area contributed by atoms with E-state index in [-0.39, 0.29) is 17.7 Å². The van der Waals surface area contributed by atoms with Crippen molar-refractivity contribution in [1.82, 2.24) is 9.97 Å². The van der Waals surface area contributed by atoms with Crippen molar-refractivity contribution in [3.63, 3.8) is 0 Å². The number of carbonyl (C=O) groups excluding carboxylic acids is 1. The molecule has 0 radical (unpaired) electrons. The number of carbonyl (C=O) groups is 1. The van der Waals surface area contributed by atoms with E-state index in [4.69, 9.17) is 9.47 Å². The highest BCUT2D eigenvalue weighted by Gasteiger charge is 2.10. The van der Waals surface area contributed by atoms with Crippen LogP contribution >= 0.6 is 0 Å². The van der Waals surface area contributed by atoms with Crippen LogP contribution in [0, 0.1) is 0 Å². The van der Waals surface area contributed by atoms with E-state index in [1.165, 1.54) is 12.4 Å². The Hall–Kier alpha value is -3.61. The van der Waals surface area contributed by atoms with Crippen molar-refractivity contribution < 1.29 is 14.3 Å². The molecule has 2 aromatic carbocycles. The lowest BCUT2D eigenvalue weighted by Gasteiger charge is -2.12. The molecule has 0 atom stereocenters. The van der Waals surface area contributed by atoms with Crippen LogP contribution in [0.5, 0.6) is 11.5 Å². The van der Waals surface area contributed by atoms with Crippen LogP contribution in [-0.2, 0) is 0 Å². The quantitative estimate of drug-likeness (QED) is 0.580. The van der Waals surface area contributed by atoms with Gasteiger partial charge in [0.2, 0.25) is 0 Å². The summed E-state index contributed by atoms with van der Waals surface area (Å²) in [5, 5.41) is 5.95. The number of nitrogens with zero attached hydrogens (tertiary/aromatic N) is 2. The molecule has 0 fully saturated rings. The highest BCUT2D eigenvalue weighted by molar-refractivity contribution is 6.02. The largest absolute Gasteiger partial charge is 0.492 e. The maximum Gasteiger partial charge on any atom is 0.275 e. The van der Waals surface area contributed by atoms with Gasteiger partial charge in [-0.3, -0.25) is 4.79 Å². The van der Waals surface area contributed by atoms with E-state index in [9.17, 15) is 4.79 Å². The number of ether oxygens (including phenoxy) is 2. The molecule has 0 aliphatic heterocycles. The zero-order valence-electron chi connectivity index (χ0n) is 16.7. The SMILES string of the molecule is CCOc1ccccc1Nc1cnc(C(=O)Nc2ccc(OC(C)C)cc2)cn1. The first-order valence-corrected chi connectivity index (χ1v) is 9.44. The van der Waals surface area contributed by atoms with Gasteiger partial charge in [-0.05, 0) is 57.2 Å². The van der Waals surface area contributed by atoms with E-state index in [1.54, 1.807) is 12.1 Å². The summed E-state index contributed by atoms with van der Waals surface area (Å²) in [4.78, 5) is 20.9. The molecule has 3 rings (SSSR count). The van der Waals surface area contributed by atoms with Crippen molar-refractivity contribution in [2.45, 2.75) is 26.9 Å². The zero-order chi connectivity index (χ0) is 20.6. The van der Waals surface area contributed by atoms with Gasteiger partial charge in [-0.2, -0.15) is 0 Å². The lowest BCUT2D eigenvalue weighted by atomic mass is 10.3. The smallest absolute Gasteiger partial charge is 0.275 e. The van der Waals surface area contributed by atoms with Crippen LogP contribution in [0.3, 0.4) is 0 Å². The second-order valence-electron chi connectivity index (χ2n) is 6.49. The third-order valence-electron chi connectivity index (χ3n) is 3.82. The van der Waals surface area contributed by atoms with Crippen molar-refractivity contribution in [2.75, 3.05) is 17.2 Å². The summed E-state index contributed by atoms with van der Waals surface area (Å²) in [6, 6.07) is 14.7. The van der Waals surface area contributed by atoms with Crippen molar-refractivity contribution >= 4 is 23.1 Å². The molecule has 0 unspecified atom stereocenters. The fraction of sp³-hybridized carbons (Fsp3) is 0.227. The summed E-state index contributed by atoms with van der Waals surface area (Å²) in [7, 11) is 0. The van der Waals surface area contributed by atoms with E-state index in [0.29, 0.717) is 18.1 Å². The molecule has 0 saturated heterocycles. The monoisotopic (exact) mass is 392 g/mol. The highest BCUT2D eigenvalue weighted by atomic mass is 16.5. The summed E-state index contributed by atoms with van der Waals surface area (Å²) in [6.45, 7) is 6.41. The Morgan fingerprint density at radius 2 is 1.79 bits per heavy atom. The lowest BCUT2D eigenvalue weighted by Crippen LogP contribution is -2.14. The number of nitrogens with one attached hydrogen (secondary N) is 2. The predicted octanol–water partition coefficient (Wildman–Crippen LogP) is 4.66. The molecule has 0 saturated carbocycles. The fourth-order valence-electron chi connectivity index (χ4n) is 2.58. The minimum atomic E-state index is -0.337. The minimum Gasteiger partial charge on any atom is -0.492 e. The summed E-state index contributed by atoms with van der Waals surface area (Å²) >= 11 is 0. The number of rotatable bonds is 8. The molecule has 0 aliphatic carbocycles. The average Bonchev–Trinajstić information content (AvgIpc) is 2.71. The minimum absolute atomic E-state index is 0.0957. The molecule has 150 valence electrons. The van der Waals surface area contributed by atoms with E-state index in [2.05, 4.69) is 20.6 Å². The molecule has 1 aromatic heterocycles. The highest BCUT2D eigenvalue weighted by Crippen LogP contribution is 2.26. The zero-order valence-corrected chi connectivity index (χ0v) is 16.7. The van der Waals surface area contributed by atoms with Gasteiger partial charge in [0.15, 0.2) is 0 Å². The normalized spacial score (nSPS) is 10.5. The molecule has 0 aliphatic rings. The Kier molecular flexibility index (Phi) is 6.63. The summed E-state index contributed by atoms with van der Waals surface area (Å²) in [5.41, 5.74) is 1.65. The third-order valence-corrected chi connectivity index (χ3v) is 3.82. The molecule has 0 bridgehead atoms. The predicted molar refractivity (Wildman–Crippen MR) is 113 cm³/mol. The van der Waals surface area contributed by atoms with E-state index < -0.39 is 0 Å². The molecule has 2 N–H and O–H groups in total. The van der Waals surface area contributed by atoms with Gasteiger partial charge in [-0.1, -0.05) is 12.1 Å². The summed E-state index contributed by atoms with van der Waals surface area (Å²) in [5.74, 6) is 1.66. The number of aromatic nitrogens is 2. The first kappa shape index (κ1) is 20.1. The van der Waals surface area contributed by atoms with Crippen LogP contribution in [0.4, 0.5) is 17.2 Å². The standard InChI is InChI=1S/C22H24N4O3/c1-4-28-20-8-6-5-7-18(20)26-21-14-23-19(13-24-21)22(27)25-16-9-11-17(12-10-16)29-15(2)3/h5-15H,4H2,1-3H3,(H,24,26)(H,25,27). The molecule has 1 amide bonds. The van der Waals surface area contributed by atoms with Gasteiger partial charge in [-0.15, -0.1) is 0 Å². The van der Waals surface area contributed by atoms with Crippen LogP contribution in [0.1, 0.15) is 31.3 Å². The van der Waals surface area contributed by atoms with Crippen LogP contribution in [0.25, 0.3) is 0 Å². The Morgan fingerprint density at radius 3 is 2.45 bits per heavy atom. The summed E-state index contributed by atoms with van der Waals surface area (Å²) < 4.78 is 11.2. The number of benzene rings is 2. The van der Waals surface area contributed by atoms with Gasteiger partial charge >= 0.3 is 0 Å². The number of anilines is 3. The number of hydrogen-bond acceptors (Lipinski definition) is 6. The molecular weight excluding hydrogens is 368 g/mol. The number of para-hydroxylation sites is 2. The summed E-state index contributed by atoms with van der Waals surface area (Å²) in [6.07, 6.45) is 3.03. The molecule has 1 heterocycles. The second kappa shape index (κ2) is 9.54. The maximum atomic E-state index is 12.4. The Balaban J connectivity index is 1.63. The average molecular weight is 392 g/mol. The topological polar surface area (TPSA) is 85.4 Å². The van der Waals surface area contributed by atoms with Gasteiger partial charge in [-0.25, -0.2) is 9.97 Å². The number of hydrogen-bond donors (Lipinski definition) is 2. The van der Waals surface area contributed by atoms with Crippen LogP contribution in [0.2, 0.25) is 0 Å². The van der Waals surface area contributed by atoms with Crippen LogP contribution in [-0.4, -0.2) is 28.6 Å². The Morgan fingerprint density at radius 1 is 1.03 bits per heavy atom. The van der Waals surface area contributed by atoms with Crippen molar-refractivity contribution in [3.05, 3.63) is 66.6 Å². The van der Waals surface area contributed by atoms with Crippen LogP contribution < -0.4 is 20.1 Å². The van der Waals surface area contributed by atoms with E-state index >= 15 is 0 Å². The van der Waals surface area contributed by atoms with Crippen molar-refractivity contribution in [2.24, 2.45) is 0 Å². The molecule has 7 nitrogen and oxygen atoms in total. The van der Waals surface area contributed by atoms with Gasteiger partial charge in [0.25, 0.3) is 5.91 Å². The van der Waals surface area contributed by atoms with Crippen molar-refractivity contribution in [1.29, 1.82) is 0 Å². The lowest BCUT2D eigenvalue weighted by molar-refractivity contribution is 0.102. The molecular formula is C22H24N4O3. The fourth-order valence-corrected chi connectivity index (χ4v) is 2.58.